The molecule has 0 aliphatic carbocycles. The van der Waals surface area contributed by atoms with Gasteiger partial charge in [-0.1, -0.05) is 0 Å². The largest absolute Gasteiger partial charge is 0.394 e. The summed E-state index contributed by atoms with van der Waals surface area (Å²) in [5.41, 5.74) is 0.771. The van der Waals surface area contributed by atoms with Gasteiger partial charge in [-0.25, -0.2) is 4.39 Å². The predicted octanol–water partition coefficient (Wildman–Crippen LogP) is 1.53. The molecule has 0 saturated carbocycles. The monoisotopic (exact) mass is 252 g/mol. The van der Waals surface area contributed by atoms with Crippen LogP contribution in [0.4, 0.5) is 10.1 Å². The maximum Gasteiger partial charge on any atom is 0.143 e. The SMILES string of the molecule is CCN(CCOCCO)c1ccc(C#N)c(F)c1. The molecule has 0 aromatic heterocycles. The highest BCUT2D eigenvalue weighted by atomic mass is 19.1. The molecule has 18 heavy (non-hydrogen) atoms. The fourth-order valence-corrected chi connectivity index (χ4v) is 1.60. The molecule has 0 heterocycles. The first kappa shape index (κ1) is 14.4. The summed E-state index contributed by atoms with van der Waals surface area (Å²) in [6, 6.07) is 6.34. The van der Waals surface area contributed by atoms with E-state index in [1.54, 1.807) is 12.1 Å². The van der Waals surface area contributed by atoms with Crippen molar-refractivity contribution in [3.63, 3.8) is 0 Å². The van der Waals surface area contributed by atoms with Crippen LogP contribution < -0.4 is 4.90 Å². The van der Waals surface area contributed by atoms with E-state index < -0.39 is 5.82 Å². The van der Waals surface area contributed by atoms with Crippen LogP contribution in [0.3, 0.4) is 0 Å². The van der Waals surface area contributed by atoms with Crippen molar-refractivity contribution in [1.82, 2.24) is 0 Å². The number of aliphatic hydroxyl groups excluding tert-OH is 1. The Morgan fingerprint density at radius 2 is 2.22 bits per heavy atom. The summed E-state index contributed by atoms with van der Waals surface area (Å²) >= 11 is 0. The number of nitrogens with zero attached hydrogens (tertiary/aromatic N) is 2. The quantitative estimate of drug-likeness (QED) is 0.748. The molecule has 0 amide bonds. The molecule has 98 valence electrons. The molecule has 1 aromatic rings. The Hall–Kier alpha value is -1.64. The van der Waals surface area contributed by atoms with Crippen LogP contribution in [0.1, 0.15) is 12.5 Å². The van der Waals surface area contributed by atoms with Crippen LogP contribution in [0.5, 0.6) is 0 Å². The van der Waals surface area contributed by atoms with Gasteiger partial charge >= 0.3 is 0 Å². The Bertz CT molecular complexity index is 418. The van der Waals surface area contributed by atoms with Crippen LogP contribution in [0.2, 0.25) is 0 Å². The lowest BCUT2D eigenvalue weighted by Gasteiger charge is -2.23. The third-order valence-electron chi connectivity index (χ3n) is 2.56. The molecular formula is C13H17FN2O2. The van der Waals surface area contributed by atoms with Gasteiger partial charge in [0.1, 0.15) is 11.9 Å². The molecule has 0 aliphatic heterocycles. The Balaban J connectivity index is 2.65. The average Bonchev–Trinajstić information content (AvgIpc) is 2.39. The van der Waals surface area contributed by atoms with Gasteiger partial charge in [-0.3, -0.25) is 0 Å². The van der Waals surface area contributed by atoms with Gasteiger partial charge in [0.25, 0.3) is 0 Å². The number of hydrogen-bond acceptors (Lipinski definition) is 4. The molecule has 0 atom stereocenters. The van der Waals surface area contributed by atoms with E-state index in [1.807, 2.05) is 11.8 Å². The highest BCUT2D eigenvalue weighted by molar-refractivity contribution is 5.50. The van der Waals surface area contributed by atoms with Crippen LogP contribution >= 0.6 is 0 Å². The zero-order chi connectivity index (χ0) is 13.4. The predicted molar refractivity (Wildman–Crippen MR) is 66.9 cm³/mol. The van der Waals surface area contributed by atoms with Gasteiger partial charge in [0, 0.05) is 18.8 Å². The van der Waals surface area contributed by atoms with E-state index in [9.17, 15) is 4.39 Å². The maximum absolute atomic E-state index is 13.5. The lowest BCUT2D eigenvalue weighted by Crippen LogP contribution is -2.27. The fourth-order valence-electron chi connectivity index (χ4n) is 1.60. The number of hydrogen-bond donors (Lipinski definition) is 1. The van der Waals surface area contributed by atoms with Gasteiger partial charge < -0.3 is 14.7 Å². The van der Waals surface area contributed by atoms with Gasteiger partial charge in [0.15, 0.2) is 0 Å². The third kappa shape index (κ3) is 3.99. The number of rotatable bonds is 7. The minimum atomic E-state index is -0.510. The van der Waals surface area contributed by atoms with E-state index in [0.29, 0.717) is 26.3 Å². The van der Waals surface area contributed by atoms with Gasteiger partial charge in [-0.05, 0) is 25.1 Å². The van der Waals surface area contributed by atoms with Crippen molar-refractivity contribution >= 4 is 5.69 Å². The van der Waals surface area contributed by atoms with Gasteiger partial charge in [0.2, 0.25) is 0 Å². The Labute approximate surface area is 106 Å². The molecule has 0 saturated heterocycles. The number of ether oxygens (including phenoxy) is 1. The van der Waals surface area contributed by atoms with Crippen molar-refractivity contribution < 1.29 is 14.2 Å². The number of anilines is 1. The van der Waals surface area contributed by atoms with E-state index in [-0.39, 0.29) is 12.2 Å². The van der Waals surface area contributed by atoms with E-state index in [4.69, 9.17) is 15.1 Å². The second-order valence-corrected chi connectivity index (χ2v) is 3.69. The van der Waals surface area contributed by atoms with Crippen molar-refractivity contribution in [2.45, 2.75) is 6.92 Å². The molecule has 4 nitrogen and oxygen atoms in total. The summed E-state index contributed by atoms with van der Waals surface area (Å²) in [5.74, 6) is -0.510. The van der Waals surface area contributed by atoms with Gasteiger partial charge in [0.05, 0.1) is 25.4 Å². The number of benzene rings is 1. The summed E-state index contributed by atoms with van der Waals surface area (Å²) in [6.45, 7) is 4.06. The van der Waals surface area contributed by atoms with Crippen LogP contribution in [0.15, 0.2) is 18.2 Å². The van der Waals surface area contributed by atoms with Crippen molar-refractivity contribution in [2.24, 2.45) is 0 Å². The second-order valence-electron chi connectivity index (χ2n) is 3.69. The van der Waals surface area contributed by atoms with E-state index in [2.05, 4.69) is 0 Å². The number of aliphatic hydroxyl groups is 1. The lowest BCUT2D eigenvalue weighted by atomic mass is 10.2. The minimum absolute atomic E-state index is 0.00236. The highest BCUT2D eigenvalue weighted by Crippen LogP contribution is 2.18. The van der Waals surface area contributed by atoms with Crippen molar-refractivity contribution in [3.8, 4) is 6.07 Å². The molecule has 0 radical (unpaired) electrons. The molecule has 0 aliphatic rings. The fraction of sp³-hybridized carbons (Fsp3) is 0.462. The molecule has 1 aromatic carbocycles. The van der Waals surface area contributed by atoms with Crippen molar-refractivity contribution in [3.05, 3.63) is 29.6 Å². The molecule has 0 spiro atoms. The second kappa shape index (κ2) is 7.64. The Morgan fingerprint density at radius 3 is 2.78 bits per heavy atom. The van der Waals surface area contributed by atoms with Crippen LogP contribution in [0.25, 0.3) is 0 Å². The standard InChI is InChI=1S/C13H17FN2O2/c1-2-16(5-7-18-8-6-17)12-4-3-11(10-15)13(14)9-12/h3-4,9,17H,2,5-8H2,1H3. The van der Waals surface area contributed by atoms with Crippen molar-refractivity contribution in [2.75, 3.05) is 37.8 Å². The lowest BCUT2D eigenvalue weighted by molar-refractivity contribution is 0.0967. The average molecular weight is 252 g/mol. The molecule has 0 fully saturated rings. The zero-order valence-corrected chi connectivity index (χ0v) is 10.4. The molecular weight excluding hydrogens is 235 g/mol. The first-order valence-corrected chi connectivity index (χ1v) is 5.86. The molecule has 0 bridgehead atoms. The summed E-state index contributed by atoms with van der Waals surface area (Å²) in [6.07, 6.45) is 0. The summed E-state index contributed by atoms with van der Waals surface area (Å²) in [4.78, 5) is 1.95. The highest BCUT2D eigenvalue weighted by Gasteiger charge is 2.08. The van der Waals surface area contributed by atoms with E-state index in [0.717, 1.165) is 5.69 Å². The van der Waals surface area contributed by atoms with Crippen molar-refractivity contribution in [1.29, 1.82) is 5.26 Å². The van der Waals surface area contributed by atoms with Crippen LogP contribution in [-0.2, 0) is 4.74 Å². The van der Waals surface area contributed by atoms with Gasteiger partial charge in [-0.15, -0.1) is 0 Å². The topological polar surface area (TPSA) is 56.5 Å². The summed E-state index contributed by atoms with van der Waals surface area (Å²) < 4.78 is 18.7. The van der Waals surface area contributed by atoms with E-state index >= 15 is 0 Å². The molecule has 1 rings (SSSR count). The molecule has 5 heteroatoms. The Kier molecular flexibility index (Phi) is 6.12. The zero-order valence-electron chi connectivity index (χ0n) is 10.4. The van der Waals surface area contributed by atoms with Gasteiger partial charge in [-0.2, -0.15) is 5.26 Å². The maximum atomic E-state index is 13.5. The minimum Gasteiger partial charge on any atom is -0.394 e. The smallest absolute Gasteiger partial charge is 0.143 e. The van der Waals surface area contributed by atoms with E-state index in [1.165, 1.54) is 12.1 Å². The normalized spacial score (nSPS) is 10.1. The first-order valence-electron chi connectivity index (χ1n) is 5.86. The first-order chi connectivity index (χ1) is 8.72. The third-order valence-corrected chi connectivity index (χ3v) is 2.56. The number of likely N-dealkylation sites (N-methyl/N-ethyl adjacent to an activating group) is 1. The number of halogens is 1. The Morgan fingerprint density at radius 1 is 1.44 bits per heavy atom. The molecule has 1 N–H and O–H groups in total. The van der Waals surface area contributed by atoms with Crippen LogP contribution in [-0.4, -0.2) is 38.0 Å². The molecule has 0 unspecified atom stereocenters. The van der Waals surface area contributed by atoms with Crippen LogP contribution in [0, 0.1) is 17.1 Å². The number of nitriles is 1. The summed E-state index contributed by atoms with van der Waals surface area (Å²) in [5, 5.41) is 17.2. The summed E-state index contributed by atoms with van der Waals surface area (Å²) in [7, 11) is 0.